The summed E-state index contributed by atoms with van der Waals surface area (Å²) in [6.07, 6.45) is 8.41. The number of hydrogen-bond acceptors (Lipinski definition) is 2. The summed E-state index contributed by atoms with van der Waals surface area (Å²) in [5.74, 6) is 2.68. The van der Waals surface area contributed by atoms with Crippen molar-refractivity contribution < 1.29 is 4.74 Å². The molecule has 1 aliphatic heterocycles. The quantitative estimate of drug-likeness (QED) is 0.481. The van der Waals surface area contributed by atoms with Crippen molar-refractivity contribution in [1.82, 2.24) is 4.90 Å². The van der Waals surface area contributed by atoms with Crippen molar-refractivity contribution in [3.63, 3.8) is 0 Å². The molecule has 0 bridgehead atoms. The van der Waals surface area contributed by atoms with Crippen LogP contribution in [0, 0.1) is 12.3 Å². The van der Waals surface area contributed by atoms with Crippen LogP contribution in [0.1, 0.15) is 26.2 Å². The van der Waals surface area contributed by atoms with E-state index in [2.05, 4.69) is 17.7 Å². The first-order valence-electron chi connectivity index (χ1n) is 5.13. The molecule has 1 saturated heterocycles. The molecule has 1 fully saturated rings. The lowest BCUT2D eigenvalue weighted by atomic mass is 10.1. The molecule has 1 unspecified atom stereocenters. The van der Waals surface area contributed by atoms with Crippen LogP contribution in [0.4, 0.5) is 0 Å². The Kier molecular flexibility index (Phi) is 4.88. The molecule has 1 heterocycles. The molecule has 1 atom stereocenters. The van der Waals surface area contributed by atoms with Gasteiger partial charge in [-0.1, -0.05) is 6.92 Å². The number of ether oxygens (including phenoxy) is 1. The van der Waals surface area contributed by atoms with Gasteiger partial charge in [0.15, 0.2) is 0 Å². The zero-order valence-corrected chi connectivity index (χ0v) is 8.46. The third kappa shape index (κ3) is 3.38. The number of hydrogen-bond donors (Lipinski definition) is 0. The molecule has 0 N–H and O–H groups in total. The highest BCUT2D eigenvalue weighted by Crippen LogP contribution is 2.10. The smallest absolute Gasteiger partial charge is 0.0622 e. The average Bonchev–Trinajstić information content (AvgIpc) is 2.19. The molecule has 0 saturated carbocycles. The summed E-state index contributed by atoms with van der Waals surface area (Å²) < 4.78 is 5.43. The van der Waals surface area contributed by atoms with Crippen molar-refractivity contribution in [2.75, 3.05) is 26.3 Å². The molecular weight excluding hydrogens is 162 g/mol. The normalized spacial score (nSPS) is 24.2. The van der Waals surface area contributed by atoms with E-state index in [-0.39, 0.29) is 0 Å². The first-order valence-corrected chi connectivity index (χ1v) is 5.13. The molecule has 0 aromatic carbocycles. The van der Waals surface area contributed by atoms with E-state index >= 15 is 0 Å². The van der Waals surface area contributed by atoms with Gasteiger partial charge in [-0.15, -0.1) is 12.3 Å². The third-order valence-electron chi connectivity index (χ3n) is 2.59. The second-order valence-electron chi connectivity index (χ2n) is 3.48. The highest BCUT2D eigenvalue weighted by atomic mass is 16.5. The number of unbranched alkanes of at least 4 members (excludes halogenated alkanes) is 1. The van der Waals surface area contributed by atoms with Crippen molar-refractivity contribution in [3.8, 4) is 12.3 Å². The lowest BCUT2D eigenvalue weighted by Crippen LogP contribution is -2.45. The van der Waals surface area contributed by atoms with E-state index in [4.69, 9.17) is 11.2 Å². The second-order valence-corrected chi connectivity index (χ2v) is 3.48. The molecule has 0 aromatic rings. The van der Waals surface area contributed by atoms with E-state index in [1.807, 2.05) is 0 Å². The Bertz CT molecular complexity index is 173. The van der Waals surface area contributed by atoms with E-state index in [1.54, 1.807) is 0 Å². The molecule has 0 amide bonds. The topological polar surface area (TPSA) is 12.5 Å². The van der Waals surface area contributed by atoms with Crippen LogP contribution in [0.25, 0.3) is 0 Å². The number of nitrogens with zero attached hydrogens (tertiary/aromatic N) is 1. The van der Waals surface area contributed by atoms with Crippen LogP contribution < -0.4 is 0 Å². The van der Waals surface area contributed by atoms with Crippen molar-refractivity contribution in [1.29, 1.82) is 0 Å². The van der Waals surface area contributed by atoms with Gasteiger partial charge in [-0.2, -0.15) is 0 Å². The largest absolute Gasteiger partial charge is 0.378 e. The maximum absolute atomic E-state index is 5.43. The summed E-state index contributed by atoms with van der Waals surface area (Å²) in [4.78, 5) is 2.50. The Balaban J connectivity index is 2.24. The predicted molar refractivity (Wildman–Crippen MR) is 54.5 cm³/mol. The van der Waals surface area contributed by atoms with Gasteiger partial charge in [0.25, 0.3) is 0 Å². The molecule has 1 aliphatic rings. The van der Waals surface area contributed by atoms with Gasteiger partial charge in [0.2, 0.25) is 0 Å². The maximum Gasteiger partial charge on any atom is 0.0622 e. The monoisotopic (exact) mass is 181 g/mol. The second kappa shape index (κ2) is 6.01. The molecule has 74 valence electrons. The number of terminal acetylenes is 1. The van der Waals surface area contributed by atoms with Gasteiger partial charge in [-0.05, 0) is 19.4 Å². The van der Waals surface area contributed by atoms with E-state index in [1.165, 1.54) is 6.42 Å². The molecule has 0 aliphatic carbocycles. The Morgan fingerprint density at radius 3 is 3.15 bits per heavy atom. The van der Waals surface area contributed by atoms with Gasteiger partial charge in [-0.3, -0.25) is 4.90 Å². The van der Waals surface area contributed by atoms with Gasteiger partial charge in [-0.25, -0.2) is 0 Å². The molecular formula is C11H19NO. The summed E-state index contributed by atoms with van der Waals surface area (Å²) in [5, 5.41) is 0. The minimum absolute atomic E-state index is 0.617. The van der Waals surface area contributed by atoms with Crippen LogP contribution >= 0.6 is 0 Å². The number of morpholine rings is 1. The third-order valence-corrected chi connectivity index (χ3v) is 2.59. The lowest BCUT2D eigenvalue weighted by Gasteiger charge is -2.34. The van der Waals surface area contributed by atoms with Gasteiger partial charge >= 0.3 is 0 Å². The molecule has 2 nitrogen and oxygen atoms in total. The van der Waals surface area contributed by atoms with Crippen LogP contribution in [0.2, 0.25) is 0 Å². The van der Waals surface area contributed by atoms with E-state index in [0.29, 0.717) is 6.04 Å². The van der Waals surface area contributed by atoms with Crippen molar-refractivity contribution in [2.24, 2.45) is 0 Å². The van der Waals surface area contributed by atoms with Crippen LogP contribution in [-0.4, -0.2) is 37.2 Å². The van der Waals surface area contributed by atoms with Crippen molar-refractivity contribution >= 4 is 0 Å². The van der Waals surface area contributed by atoms with Crippen LogP contribution in [-0.2, 0) is 4.74 Å². The molecule has 2 heteroatoms. The first kappa shape index (κ1) is 10.6. The van der Waals surface area contributed by atoms with Crippen LogP contribution in [0.15, 0.2) is 0 Å². The lowest BCUT2D eigenvalue weighted by molar-refractivity contribution is -0.00874. The molecule has 0 spiro atoms. The Hall–Kier alpha value is -0.520. The zero-order chi connectivity index (χ0) is 9.52. The predicted octanol–water partition coefficient (Wildman–Crippen LogP) is 1.51. The maximum atomic E-state index is 5.43. The summed E-state index contributed by atoms with van der Waals surface area (Å²) in [5.41, 5.74) is 0. The first-order chi connectivity index (χ1) is 6.38. The SMILES string of the molecule is C#CCCCN1CCOCC1CC. The molecule has 13 heavy (non-hydrogen) atoms. The van der Waals surface area contributed by atoms with Gasteiger partial charge in [0.05, 0.1) is 13.2 Å². The summed E-state index contributed by atoms with van der Waals surface area (Å²) in [6, 6.07) is 0.617. The van der Waals surface area contributed by atoms with E-state index in [0.717, 1.165) is 39.1 Å². The number of rotatable bonds is 4. The van der Waals surface area contributed by atoms with E-state index in [9.17, 15) is 0 Å². The fraction of sp³-hybridized carbons (Fsp3) is 0.818. The van der Waals surface area contributed by atoms with Gasteiger partial charge < -0.3 is 4.74 Å². The Morgan fingerprint density at radius 1 is 1.62 bits per heavy atom. The zero-order valence-electron chi connectivity index (χ0n) is 8.46. The highest BCUT2D eigenvalue weighted by molar-refractivity contribution is 4.84. The summed E-state index contributed by atoms with van der Waals surface area (Å²) in [7, 11) is 0. The Morgan fingerprint density at radius 2 is 2.46 bits per heavy atom. The fourth-order valence-corrected chi connectivity index (χ4v) is 1.74. The van der Waals surface area contributed by atoms with Crippen LogP contribution in [0.3, 0.4) is 0 Å². The summed E-state index contributed by atoms with van der Waals surface area (Å²) in [6.45, 7) is 6.20. The Labute approximate surface area is 81.3 Å². The molecule has 0 aromatic heterocycles. The molecule has 0 radical (unpaired) electrons. The fourth-order valence-electron chi connectivity index (χ4n) is 1.74. The van der Waals surface area contributed by atoms with E-state index < -0.39 is 0 Å². The average molecular weight is 181 g/mol. The minimum Gasteiger partial charge on any atom is -0.378 e. The minimum atomic E-state index is 0.617. The standard InChI is InChI=1S/C11H19NO/c1-3-5-6-7-12-8-9-13-10-11(12)4-2/h1,11H,4-10H2,2H3. The van der Waals surface area contributed by atoms with Crippen LogP contribution in [0.5, 0.6) is 0 Å². The van der Waals surface area contributed by atoms with Crippen molar-refractivity contribution in [2.45, 2.75) is 32.2 Å². The van der Waals surface area contributed by atoms with Gasteiger partial charge in [0, 0.05) is 19.0 Å². The summed E-state index contributed by atoms with van der Waals surface area (Å²) >= 11 is 0. The molecule has 1 rings (SSSR count). The highest BCUT2D eigenvalue weighted by Gasteiger charge is 2.19. The van der Waals surface area contributed by atoms with Crippen molar-refractivity contribution in [3.05, 3.63) is 0 Å². The van der Waals surface area contributed by atoms with Gasteiger partial charge in [0.1, 0.15) is 0 Å².